The van der Waals surface area contributed by atoms with Gasteiger partial charge in [0.25, 0.3) is 0 Å². The number of nitrogens with one attached hydrogen (secondary N) is 1. The highest BCUT2D eigenvalue weighted by atomic mass is 16.1. The molecule has 0 saturated heterocycles. The summed E-state index contributed by atoms with van der Waals surface area (Å²) in [6.07, 6.45) is 4.83. The lowest BCUT2D eigenvalue weighted by Crippen LogP contribution is -2.25. The van der Waals surface area contributed by atoms with Gasteiger partial charge in [0.1, 0.15) is 0 Å². The standard InChI is InChI=1S/C16H22N4O/c1-4-9-20-13(3)15(12(2)19-20)11-18-16(21)10-14-5-7-17-8-6-14/h5-8H,4,9-11H2,1-3H3,(H,18,21). The normalized spacial score (nSPS) is 10.6. The largest absolute Gasteiger partial charge is 0.352 e. The van der Waals surface area contributed by atoms with Crippen molar-refractivity contribution < 1.29 is 4.79 Å². The fraction of sp³-hybridized carbons (Fsp3) is 0.438. The van der Waals surface area contributed by atoms with Crippen molar-refractivity contribution in [3.8, 4) is 0 Å². The maximum Gasteiger partial charge on any atom is 0.224 e. The van der Waals surface area contributed by atoms with Gasteiger partial charge in [0.15, 0.2) is 0 Å². The Labute approximate surface area is 125 Å². The van der Waals surface area contributed by atoms with Crippen LogP contribution in [0.25, 0.3) is 0 Å². The SMILES string of the molecule is CCCn1nc(C)c(CNC(=O)Cc2ccncc2)c1C. The van der Waals surface area contributed by atoms with Gasteiger partial charge in [0.2, 0.25) is 5.91 Å². The molecule has 0 bridgehead atoms. The number of aryl methyl sites for hydroxylation is 2. The molecule has 2 heterocycles. The molecule has 2 aromatic heterocycles. The molecule has 5 nitrogen and oxygen atoms in total. The van der Waals surface area contributed by atoms with Crippen molar-refractivity contribution in [3.63, 3.8) is 0 Å². The summed E-state index contributed by atoms with van der Waals surface area (Å²) in [5.74, 6) is 0.0169. The molecule has 0 radical (unpaired) electrons. The molecule has 0 spiro atoms. The van der Waals surface area contributed by atoms with Gasteiger partial charge in [-0.1, -0.05) is 6.92 Å². The zero-order chi connectivity index (χ0) is 15.2. The van der Waals surface area contributed by atoms with E-state index in [-0.39, 0.29) is 5.91 Å². The van der Waals surface area contributed by atoms with Gasteiger partial charge in [-0.3, -0.25) is 14.5 Å². The summed E-state index contributed by atoms with van der Waals surface area (Å²) in [5, 5.41) is 7.49. The first-order valence-corrected chi connectivity index (χ1v) is 7.30. The molecule has 0 aliphatic rings. The van der Waals surface area contributed by atoms with Crippen LogP contribution in [0.15, 0.2) is 24.5 Å². The molecule has 1 N–H and O–H groups in total. The zero-order valence-electron chi connectivity index (χ0n) is 12.9. The van der Waals surface area contributed by atoms with E-state index in [1.165, 1.54) is 0 Å². The molecule has 0 saturated carbocycles. The number of hydrogen-bond donors (Lipinski definition) is 1. The third-order valence-corrected chi connectivity index (χ3v) is 3.54. The maximum absolute atomic E-state index is 12.0. The van der Waals surface area contributed by atoms with E-state index in [4.69, 9.17) is 0 Å². The Kier molecular flexibility index (Phi) is 5.09. The predicted octanol–water partition coefficient (Wildman–Crippen LogP) is 2.16. The Morgan fingerprint density at radius 3 is 2.67 bits per heavy atom. The molecule has 112 valence electrons. The first-order chi connectivity index (χ1) is 10.1. The van der Waals surface area contributed by atoms with Gasteiger partial charge in [-0.25, -0.2) is 0 Å². The summed E-state index contributed by atoms with van der Waals surface area (Å²) in [5.41, 5.74) is 4.22. The predicted molar refractivity (Wildman–Crippen MR) is 81.8 cm³/mol. The lowest BCUT2D eigenvalue weighted by atomic mass is 10.1. The second kappa shape index (κ2) is 7.02. The monoisotopic (exact) mass is 286 g/mol. The van der Waals surface area contributed by atoms with Gasteiger partial charge in [0.05, 0.1) is 12.1 Å². The minimum atomic E-state index is 0.0169. The van der Waals surface area contributed by atoms with Crippen molar-refractivity contribution in [2.75, 3.05) is 0 Å². The fourth-order valence-electron chi connectivity index (χ4n) is 2.35. The molecule has 0 aliphatic heterocycles. The summed E-state index contributed by atoms with van der Waals surface area (Å²) in [6, 6.07) is 3.71. The smallest absolute Gasteiger partial charge is 0.224 e. The van der Waals surface area contributed by atoms with Crippen LogP contribution in [0.2, 0.25) is 0 Å². The third-order valence-electron chi connectivity index (χ3n) is 3.54. The zero-order valence-corrected chi connectivity index (χ0v) is 12.9. The van der Waals surface area contributed by atoms with Crippen molar-refractivity contribution in [1.29, 1.82) is 0 Å². The number of hydrogen-bond acceptors (Lipinski definition) is 3. The molecule has 0 unspecified atom stereocenters. The summed E-state index contributed by atoms with van der Waals surface area (Å²) in [7, 11) is 0. The van der Waals surface area contributed by atoms with Gasteiger partial charge in [-0.05, 0) is 38.0 Å². The van der Waals surface area contributed by atoms with Crippen LogP contribution in [0.5, 0.6) is 0 Å². The van der Waals surface area contributed by atoms with Crippen molar-refractivity contribution in [2.24, 2.45) is 0 Å². The Bertz CT molecular complexity index is 604. The van der Waals surface area contributed by atoms with Crippen LogP contribution in [0, 0.1) is 13.8 Å². The summed E-state index contributed by atoms with van der Waals surface area (Å²) >= 11 is 0. The van der Waals surface area contributed by atoms with Crippen molar-refractivity contribution in [1.82, 2.24) is 20.1 Å². The fourth-order valence-corrected chi connectivity index (χ4v) is 2.35. The van der Waals surface area contributed by atoms with Gasteiger partial charge < -0.3 is 5.32 Å². The van der Waals surface area contributed by atoms with E-state index in [0.29, 0.717) is 13.0 Å². The van der Waals surface area contributed by atoms with E-state index >= 15 is 0 Å². The lowest BCUT2D eigenvalue weighted by Gasteiger charge is -2.07. The Morgan fingerprint density at radius 1 is 1.29 bits per heavy atom. The van der Waals surface area contributed by atoms with Crippen LogP contribution in [-0.4, -0.2) is 20.7 Å². The van der Waals surface area contributed by atoms with E-state index in [2.05, 4.69) is 29.2 Å². The molecular formula is C16H22N4O. The van der Waals surface area contributed by atoms with Crippen molar-refractivity contribution in [3.05, 3.63) is 47.0 Å². The molecule has 1 amide bonds. The van der Waals surface area contributed by atoms with E-state index < -0.39 is 0 Å². The quantitative estimate of drug-likeness (QED) is 0.885. The highest BCUT2D eigenvalue weighted by Crippen LogP contribution is 2.13. The number of pyridine rings is 1. The number of amides is 1. The van der Waals surface area contributed by atoms with Crippen molar-refractivity contribution >= 4 is 5.91 Å². The third kappa shape index (κ3) is 3.90. The number of carbonyl (C=O) groups is 1. The van der Waals surface area contributed by atoms with Crippen LogP contribution in [0.3, 0.4) is 0 Å². The summed E-state index contributed by atoms with van der Waals surface area (Å²) in [4.78, 5) is 15.9. The second-order valence-corrected chi connectivity index (χ2v) is 5.18. The summed E-state index contributed by atoms with van der Waals surface area (Å²) < 4.78 is 2.01. The van der Waals surface area contributed by atoms with Crippen LogP contribution in [0.1, 0.15) is 35.9 Å². The molecule has 2 aromatic rings. The molecule has 21 heavy (non-hydrogen) atoms. The maximum atomic E-state index is 12.0. The van der Waals surface area contributed by atoms with Crippen LogP contribution >= 0.6 is 0 Å². The Hall–Kier alpha value is -2.17. The van der Waals surface area contributed by atoms with Gasteiger partial charge in [-0.2, -0.15) is 5.10 Å². The number of rotatable bonds is 6. The molecule has 0 aliphatic carbocycles. The topological polar surface area (TPSA) is 59.8 Å². The molecule has 2 rings (SSSR count). The average Bonchev–Trinajstić information content (AvgIpc) is 2.73. The highest BCUT2D eigenvalue weighted by molar-refractivity contribution is 5.78. The molecule has 0 aromatic carbocycles. The van der Waals surface area contributed by atoms with Gasteiger partial charge >= 0.3 is 0 Å². The van der Waals surface area contributed by atoms with Gasteiger partial charge in [0, 0.05) is 36.7 Å². The second-order valence-electron chi connectivity index (χ2n) is 5.18. The number of nitrogens with zero attached hydrogens (tertiary/aromatic N) is 3. The van der Waals surface area contributed by atoms with E-state index in [1.807, 2.05) is 23.7 Å². The Balaban J connectivity index is 1.95. The Morgan fingerprint density at radius 2 is 2.00 bits per heavy atom. The van der Waals surface area contributed by atoms with Crippen LogP contribution in [0.4, 0.5) is 0 Å². The number of carbonyl (C=O) groups excluding carboxylic acids is 1. The van der Waals surface area contributed by atoms with Crippen LogP contribution in [-0.2, 0) is 24.3 Å². The van der Waals surface area contributed by atoms with Crippen molar-refractivity contribution in [2.45, 2.75) is 46.7 Å². The first kappa shape index (κ1) is 15.2. The van der Waals surface area contributed by atoms with Gasteiger partial charge in [-0.15, -0.1) is 0 Å². The molecular weight excluding hydrogens is 264 g/mol. The molecule has 0 fully saturated rings. The minimum absolute atomic E-state index is 0.0169. The van der Waals surface area contributed by atoms with E-state index in [0.717, 1.165) is 35.5 Å². The molecule has 5 heteroatoms. The lowest BCUT2D eigenvalue weighted by molar-refractivity contribution is -0.120. The summed E-state index contributed by atoms with van der Waals surface area (Å²) in [6.45, 7) is 7.62. The number of aromatic nitrogens is 3. The molecule has 0 atom stereocenters. The van der Waals surface area contributed by atoms with E-state index in [9.17, 15) is 4.79 Å². The minimum Gasteiger partial charge on any atom is -0.352 e. The average molecular weight is 286 g/mol. The van der Waals surface area contributed by atoms with Crippen LogP contribution < -0.4 is 5.32 Å². The highest BCUT2D eigenvalue weighted by Gasteiger charge is 2.12. The first-order valence-electron chi connectivity index (χ1n) is 7.30. The van der Waals surface area contributed by atoms with E-state index in [1.54, 1.807) is 12.4 Å².